The molecular formula is C16H19N3O2S. The van der Waals surface area contributed by atoms with E-state index in [4.69, 9.17) is 5.73 Å². The number of nitrogens with zero attached hydrogens (tertiary/aromatic N) is 1. The summed E-state index contributed by atoms with van der Waals surface area (Å²) in [6.07, 6.45) is 0.187. The van der Waals surface area contributed by atoms with Crippen LogP contribution in [-0.2, 0) is 16.0 Å². The van der Waals surface area contributed by atoms with E-state index >= 15 is 0 Å². The van der Waals surface area contributed by atoms with Crippen molar-refractivity contribution >= 4 is 23.2 Å². The highest BCUT2D eigenvalue weighted by Crippen LogP contribution is 2.28. The quantitative estimate of drug-likeness (QED) is 0.884. The number of carbonyl (C=O) groups excluding carboxylic acids is 2. The monoisotopic (exact) mass is 317 g/mol. The molecule has 0 radical (unpaired) electrons. The van der Waals surface area contributed by atoms with Gasteiger partial charge in [0.1, 0.15) is 6.04 Å². The van der Waals surface area contributed by atoms with Crippen LogP contribution in [0.3, 0.4) is 0 Å². The fourth-order valence-electron chi connectivity index (χ4n) is 2.04. The van der Waals surface area contributed by atoms with E-state index in [1.807, 2.05) is 38.1 Å². The Kier molecular flexibility index (Phi) is 4.92. The molecule has 0 saturated heterocycles. The van der Waals surface area contributed by atoms with Crippen LogP contribution in [0.5, 0.6) is 0 Å². The standard InChI is InChI=1S/C16H19N3O2S/c1-9-4-6-12(7-5-9)15-13(22-11(3)19-15)8-14(20)18-10(2)16(17)21/h4-7,10H,8H2,1-3H3,(H2,17,21)(H,18,20). The maximum absolute atomic E-state index is 12.0. The number of aromatic nitrogens is 1. The van der Waals surface area contributed by atoms with Gasteiger partial charge in [-0.1, -0.05) is 29.8 Å². The van der Waals surface area contributed by atoms with Crippen LogP contribution in [0.15, 0.2) is 24.3 Å². The zero-order valence-electron chi connectivity index (χ0n) is 12.8. The van der Waals surface area contributed by atoms with E-state index in [2.05, 4.69) is 10.3 Å². The van der Waals surface area contributed by atoms with Crippen LogP contribution in [0.2, 0.25) is 0 Å². The second-order valence-electron chi connectivity index (χ2n) is 5.24. The Bertz CT molecular complexity index is 692. The molecule has 0 bridgehead atoms. The molecule has 1 aromatic heterocycles. The number of nitrogens with two attached hydrogens (primary N) is 1. The minimum atomic E-state index is -0.677. The number of rotatable bonds is 5. The van der Waals surface area contributed by atoms with Crippen LogP contribution in [0.1, 0.15) is 22.4 Å². The molecule has 1 heterocycles. The minimum absolute atomic E-state index is 0.187. The lowest BCUT2D eigenvalue weighted by Crippen LogP contribution is -2.42. The van der Waals surface area contributed by atoms with Gasteiger partial charge in [0, 0.05) is 10.4 Å². The zero-order valence-corrected chi connectivity index (χ0v) is 13.7. The van der Waals surface area contributed by atoms with Crippen LogP contribution in [0, 0.1) is 13.8 Å². The summed E-state index contributed by atoms with van der Waals surface area (Å²) in [5.74, 6) is -0.782. The molecule has 2 rings (SSSR count). The van der Waals surface area contributed by atoms with E-state index in [0.717, 1.165) is 21.1 Å². The van der Waals surface area contributed by atoms with Gasteiger partial charge >= 0.3 is 0 Å². The average molecular weight is 317 g/mol. The molecule has 1 unspecified atom stereocenters. The van der Waals surface area contributed by atoms with Crippen molar-refractivity contribution < 1.29 is 9.59 Å². The Morgan fingerprint density at radius 2 is 1.91 bits per heavy atom. The van der Waals surface area contributed by atoms with Crippen molar-refractivity contribution in [3.63, 3.8) is 0 Å². The highest BCUT2D eigenvalue weighted by atomic mass is 32.1. The van der Waals surface area contributed by atoms with E-state index in [1.165, 1.54) is 16.9 Å². The Morgan fingerprint density at radius 3 is 2.50 bits per heavy atom. The van der Waals surface area contributed by atoms with E-state index in [1.54, 1.807) is 6.92 Å². The molecule has 2 amide bonds. The van der Waals surface area contributed by atoms with Gasteiger partial charge < -0.3 is 11.1 Å². The summed E-state index contributed by atoms with van der Waals surface area (Å²) < 4.78 is 0. The van der Waals surface area contributed by atoms with Crippen molar-refractivity contribution in [2.75, 3.05) is 0 Å². The van der Waals surface area contributed by atoms with Gasteiger partial charge in [0.2, 0.25) is 11.8 Å². The number of primary amides is 1. The van der Waals surface area contributed by atoms with E-state index < -0.39 is 11.9 Å². The van der Waals surface area contributed by atoms with Crippen molar-refractivity contribution in [2.45, 2.75) is 33.2 Å². The number of nitrogens with one attached hydrogen (secondary N) is 1. The van der Waals surface area contributed by atoms with E-state index in [0.29, 0.717) is 0 Å². The summed E-state index contributed by atoms with van der Waals surface area (Å²) in [4.78, 5) is 28.5. The van der Waals surface area contributed by atoms with Gasteiger partial charge in [0.25, 0.3) is 0 Å². The van der Waals surface area contributed by atoms with Gasteiger partial charge in [-0.2, -0.15) is 0 Å². The third-order valence-corrected chi connectivity index (χ3v) is 4.23. The molecule has 0 aliphatic carbocycles. The highest BCUT2D eigenvalue weighted by Gasteiger charge is 2.17. The molecule has 22 heavy (non-hydrogen) atoms. The number of hydrogen-bond acceptors (Lipinski definition) is 4. The van der Waals surface area contributed by atoms with Gasteiger partial charge in [-0.15, -0.1) is 11.3 Å². The van der Waals surface area contributed by atoms with Gasteiger partial charge in [0.05, 0.1) is 17.1 Å². The number of hydrogen-bond donors (Lipinski definition) is 2. The highest BCUT2D eigenvalue weighted by molar-refractivity contribution is 7.12. The first-order chi connectivity index (χ1) is 10.4. The first kappa shape index (κ1) is 16.2. The van der Waals surface area contributed by atoms with Crippen LogP contribution >= 0.6 is 11.3 Å². The third-order valence-electron chi connectivity index (χ3n) is 3.25. The molecule has 2 aromatic rings. The summed E-state index contributed by atoms with van der Waals surface area (Å²) >= 11 is 1.49. The molecule has 0 spiro atoms. The second-order valence-corrected chi connectivity index (χ2v) is 6.53. The minimum Gasteiger partial charge on any atom is -0.368 e. The number of carbonyl (C=O) groups is 2. The smallest absolute Gasteiger partial charge is 0.239 e. The Labute approximate surface area is 133 Å². The molecule has 0 fully saturated rings. The molecule has 6 heteroatoms. The van der Waals surface area contributed by atoms with Gasteiger partial charge in [-0.3, -0.25) is 9.59 Å². The number of amides is 2. The lowest BCUT2D eigenvalue weighted by Gasteiger charge is -2.10. The predicted octanol–water partition coefficient (Wildman–Crippen LogP) is 1.96. The van der Waals surface area contributed by atoms with Gasteiger partial charge in [-0.05, 0) is 20.8 Å². The fourth-order valence-corrected chi connectivity index (χ4v) is 2.99. The van der Waals surface area contributed by atoms with Crippen molar-refractivity contribution in [3.05, 3.63) is 39.7 Å². The van der Waals surface area contributed by atoms with Crippen molar-refractivity contribution in [1.29, 1.82) is 0 Å². The van der Waals surface area contributed by atoms with Crippen LogP contribution < -0.4 is 11.1 Å². The Morgan fingerprint density at radius 1 is 1.27 bits per heavy atom. The van der Waals surface area contributed by atoms with Crippen molar-refractivity contribution in [2.24, 2.45) is 5.73 Å². The zero-order chi connectivity index (χ0) is 16.3. The predicted molar refractivity (Wildman–Crippen MR) is 87.5 cm³/mol. The Hall–Kier alpha value is -2.21. The van der Waals surface area contributed by atoms with Gasteiger partial charge in [0.15, 0.2) is 0 Å². The van der Waals surface area contributed by atoms with Gasteiger partial charge in [-0.25, -0.2) is 4.98 Å². The van der Waals surface area contributed by atoms with Crippen molar-refractivity contribution in [3.8, 4) is 11.3 Å². The summed E-state index contributed by atoms with van der Waals surface area (Å²) in [5.41, 5.74) is 8.14. The van der Waals surface area contributed by atoms with E-state index in [9.17, 15) is 9.59 Å². The molecule has 3 N–H and O–H groups in total. The van der Waals surface area contributed by atoms with Crippen molar-refractivity contribution in [1.82, 2.24) is 10.3 Å². The molecule has 116 valence electrons. The van der Waals surface area contributed by atoms with Crippen LogP contribution in [0.4, 0.5) is 0 Å². The molecule has 1 atom stereocenters. The van der Waals surface area contributed by atoms with Crippen LogP contribution in [-0.4, -0.2) is 22.8 Å². The lowest BCUT2D eigenvalue weighted by molar-refractivity contribution is -0.126. The summed E-state index contributed by atoms with van der Waals surface area (Å²) in [6, 6.07) is 7.35. The largest absolute Gasteiger partial charge is 0.368 e. The summed E-state index contributed by atoms with van der Waals surface area (Å²) in [7, 11) is 0. The third kappa shape index (κ3) is 3.92. The summed E-state index contributed by atoms with van der Waals surface area (Å²) in [5, 5.41) is 3.49. The first-order valence-electron chi connectivity index (χ1n) is 6.99. The maximum Gasteiger partial charge on any atom is 0.239 e. The Balaban J connectivity index is 2.20. The second kappa shape index (κ2) is 6.70. The normalized spacial score (nSPS) is 12.0. The topological polar surface area (TPSA) is 85.1 Å². The van der Waals surface area contributed by atoms with Crippen LogP contribution in [0.25, 0.3) is 11.3 Å². The molecule has 5 nitrogen and oxygen atoms in total. The first-order valence-corrected chi connectivity index (χ1v) is 7.80. The molecule has 0 aliphatic heterocycles. The molecule has 0 saturated carbocycles. The lowest BCUT2D eigenvalue weighted by atomic mass is 10.1. The average Bonchev–Trinajstić information content (AvgIpc) is 2.80. The SMILES string of the molecule is Cc1ccc(-c2nc(C)sc2CC(=O)NC(C)C(N)=O)cc1. The fraction of sp³-hybridized carbons (Fsp3) is 0.312. The maximum atomic E-state index is 12.0. The number of aryl methyl sites for hydroxylation is 2. The molecule has 1 aromatic carbocycles. The summed E-state index contributed by atoms with van der Waals surface area (Å²) in [6.45, 7) is 5.50. The molecular weight excluding hydrogens is 298 g/mol. The number of benzene rings is 1. The molecule has 0 aliphatic rings. The number of thiazole rings is 1. The van der Waals surface area contributed by atoms with E-state index in [-0.39, 0.29) is 12.3 Å².